The molecule has 1 aromatic heterocycles. The highest BCUT2D eigenvalue weighted by Gasteiger charge is 2.37. The van der Waals surface area contributed by atoms with Gasteiger partial charge in [-0.2, -0.15) is 0 Å². The summed E-state index contributed by atoms with van der Waals surface area (Å²) in [5.74, 6) is 0.816. The topological polar surface area (TPSA) is 71.5 Å². The maximum Gasteiger partial charge on any atom is 0.411 e. The molecule has 1 fully saturated rings. The average Bonchev–Trinajstić information content (AvgIpc) is 2.87. The Balaban J connectivity index is 2.01. The van der Waals surface area contributed by atoms with Crippen molar-refractivity contribution in [2.75, 3.05) is 16.9 Å². The van der Waals surface area contributed by atoms with Gasteiger partial charge in [0.1, 0.15) is 11.6 Å². The molecule has 114 valence electrons. The van der Waals surface area contributed by atoms with E-state index in [1.165, 1.54) is 16.7 Å². The number of nitrogens with one attached hydrogen (secondary N) is 1. The van der Waals surface area contributed by atoms with Crippen LogP contribution in [0.2, 0.25) is 0 Å². The zero-order valence-electron chi connectivity index (χ0n) is 12.3. The first-order valence-corrected chi connectivity index (χ1v) is 7.80. The van der Waals surface area contributed by atoms with E-state index in [0.29, 0.717) is 17.3 Å². The van der Waals surface area contributed by atoms with Gasteiger partial charge in [0.05, 0.1) is 5.88 Å². The minimum Gasteiger partial charge on any atom is -0.444 e. The Hall–Kier alpha value is -1.76. The smallest absolute Gasteiger partial charge is 0.411 e. The molecule has 1 N–H and O–H groups in total. The SMILES string of the molecule is CC(C)(C)OC(=O)N1CSC[C@@H]1C(=O)Nc1ccncc1. The summed E-state index contributed by atoms with van der Waals surface area (Å²) in [6.45, 7) is 5.42. The van der Waals surface area contributed by atoms with Crippen LogP contribution < -0.4 is 5.32 Å². The van der Waals surface area contributed by atoms with E-state index in [0.717, 1.165) is 0 Å². The lowest BCUT2D eigenvalue weighted by Gasteiger charge is -2.27. The fourth-order valence-electron chi connectivity index (χ4n) is 1.82. The molecular weight excluding hydrogens is 290 g/mol. The first kappa shape index (κ1) is 15.6. The lowest BCUT2D eigenvalue weighted by molar-refractivity contribution is -0.120. The number of carbonyl (C=O) groups is 2. The largest absolute Gasteiger partial charge is 0.444 e. The molecule has 2 amide bonds. The summed E-state index contributed by atoms with van der Waals surface area (Å²) < 4.78 is 5.34. The van der Waals surface area contributed by atoms with Crippen LogP contribution in [0.4, 0.5) is 10.5 Å². The maximum atomic E-state index is 12.3. The van der Waals surface area contributed by atoms with Gasteiger partial charge in [-0.05, 0) is 32.9 Å². The molecule has 1 saturated heterocycles. The van der Waals surface area contributed by atoms with Gasteiger partial charge in [-0.3, -0.25) is 14.7 Å². The third kappa shape index (κ3) is 4.35. The first-order valence-electron chi connectivity index (χ1n) is 6.65. The van der Waals surface area contributed by atoms with E-state index in [1.807, 2.05) is 0 Å². The number of carbonyl (C=O) groups excluding carboxylic acids is 2. The molecule has 1 aliphatic heterocycles. The van der Waals surface area contributed by atoms with Crippen molar-refractivity contribution in [2.24, 2.45) is 0 Å². The second kappa shape index (κ2) is 6.34. The molecule has 0 saturated carbocycles. The average molecular weight is 309 g/mol. The molecule has 0 unspecified atom stereocenters. The van der Waals surface area contributed by atoms with E-state index in [-0.39, 0.29) is 5.91 Å². The summed E-state index contributed by atoms with van der Waals surface area (Å²) in [6.07, 6.45) is 2.75. The molecule has 1 aliphatic rings. The van der Waals surface area contributed by atoms with Gasteiger partial charge in [-0.25, -0.2) is 4.79 Å². The highest BCUT2D eigenvalue weighted by Crippen LogP contribution is 2.24. The predicted octanol–water partition coefficient (Wildman–Crippen LogP) is 2.33. The lowest BCUT2D eigenvalue weighted by Crippen LogP contribution is -2.46. The van der Waals surface area contributed by atoms with Crippen LogP contribution in [-0.4, -0.2) is 45.2 Å². The number of hydrogen-bond donors (Lipinski definition) is 1. The number of amides is 2. The molecule has 0 bridgehead atoms. The Labute approximate surface area is 128 Å². The van der Waals surface area contributed by atoms with Gasteiger partial charge in [0, 0.05) is 23.8 Å². The molecule has 0 aliphatic carbocycles. The van der Waals surface area contributed by atoms with Crippen molar-refractivity contribution >= 4 is 29.4 Å². The minimum absolute atomic E-state index is 0.211. The van der Waals surface area contributed by atoms with Crippen LogP contribution >= 0.6 is 11.8 Å². The summed E-state index contributed by atoms with van der Waals surface area (Å²) in [6, 6.07) is 2.90. The number of nitrogens with zero attached hydrogens (tertiary/aromatic N) is 2. The first-order chi connectivity index (χ1) is 9.87. The summed E-state index contributed by atoms with van der Waals surface area (Å²) in [5, 5.41) is 2.79. The van der Waals surface area contributed by atoms with Gasteiger partial charge in [-0.1, -0.05) is 0 Å². The second-order valence-electron chi connectivity index (χ2n) is 5.69. The monoisotopic (exact) mass is 309 g/mol. The molecule has 1 atom stereocenters. The quantitative estimate of drug-likeness (QED) is 0.908. The fraction of sp³-hybridized carbons (Fsp3) is 0.500. The molecular formula is C14H19N3O3S. The van der Waals surface area contributed by atoms with Crippen LogP contribution in [0.25, 0.3) is 0 Å². The third-order valence-electron chi connectivity index (χ3n) is 2.76. The van der Waals surface area contributed by atoms with Gasteiger partial charge < -0.3 is 10.1 Å². The van der Waals surface area contributed by atoms with E-state index < -0.39 is 17.7 Å². The number of aromatic nitrogens is 1. The van der Waals surface area contributed by atoms with Gasteiger partial charge in [0.25, 0.3) is 0 Å². The molecule has 6 nitrogen and oxygen atoms in total. The third-order valence-corrected chi connectivity index (χ3v) is 3.77. The zero-order valence-corrected chi connectivity index (χ0v) is 13.1. The van der Waals surface area contributed by atoms with Crippen molar-refractivity contribution in [1.29, 1.82) is 0 Å². The molecule has 21 heavy (non-hydrogen) atoms. The van der Waals surface area contributed by atoms with Crippen molar-refractivity contribution in [3.8, 4) is 0 Å². The van der Waals surface area contributed by atoms with Gasteiger partial charge in [-0.15, -0.1) is 11.8 Å². The van der Waals surface area contributed by atoms with Crippen molar-refractivity contribution in [3.63, 3.8) is 0 Å². The zero-order chi connectivity index (χ0) is 15.5. The summed E-state index contributed by atoms with van der Waals surface area (Å²) >= 11 is 1.54. The maximum absolute atomic E-state index is 12.3. The van der Waals surface area contributed by atoms with Crippen LogP contribution in [0.5, 0.6) is 0 Å². The molecule has 1 aromatic rings. The highest BCUT2D eigenvalue weighted by atomic mass is 32.2. The molecule has 7 heteroatoms. The number of anilines is 1. The van der Waals surface area contributed by atoms with E-state index in [4.69, 9.17) is 4.74 Å². The van der Waals surface area contributed by atoms with Crippen LogP contribution in [0, 0.1) is 0 Å². The van der Waals surface area contributed by atoms with Gasteiger partial charge >= 0.3 is 6.09 Å². The van der Waals surface area contributed by atoms with E-state index in [2.05, 4.69) is 10.3 Å². The van der Waals surface area contributed by atoms with Crippen molar-refractivity contribution in [1.82, 2.24) is 9.88 Å². The summed E-state index contributed by atoms with van der Waals surface area (Å²) in [5.41, 5.74) is 0.0900. The molecule has 2 rings (SSSR count). The standard InChI is InChI=1S/C14H19N3O3S/c1-14(2,3)20-13(19)17-9-21-8-11(17)12(18)16-10-4-6-15-7-5-10/h4-7,11H,8-9H2,1-3H3,(H,15,16,18)/t11-/m1/s1. The highest BCUT2D eigenvalue weighted by molar-refractivity contribution is 7.99. The van der Waals surface area contributed by atoms with Crippen LogP contribution in [0.15, 0.2) is 24.5 Å². The minimum atomic E-state index is -0.573. The molecule has 2 heterocycles. The Bertz CT molecular complexity index is 516. The fourth-order valence-corrected chi connectivity index (χ4v) is 2.96. The normalized spacial score (nSPS) is 18.4. The Kier molecular flexibility index (Phi) is 4.72. The van der Waals surface area contributed by atoms with Crippen molar-refractivity contribution < 1.29 is 14.3 Å². The Morgan fingerprint density at radius 2 is 2.05 bits per heavy atom. The van der Waals surface area contributed by atoms with E-state index in [9.17, 15) is 9.59 Å². The van der Waals surface area contributed by atoms with Crippen LogP contribution in [0.1, 0.15) is 20.8 Å². The van der Waals surface area contributed by atoms with E-state index >= 15 is 0 Å². The Morgan fingerprint density at radius 1 is 1.38 bits per heavy atom. The summed E-state index contributed by atoms with van der Waals surface area (Å²) in [4.78, 5) is 29.8. The second-order valence-corrected chi connectivity index (χ2v) is 6.69. The molecule has 0 spiro atoms. The number of rotatable bonds is 2. The van der Waals surface area contributed by atoms with Crippen molar-refractivity contribution in [3.05, 3.63) is 24.5 Å². The molecule has 0 aromatic carbocycles. The summed E-state index contributed by atoms with van der Waals surface area (Å²) in [7, 11) is 0. The molecule has 0 radical (unpaired) electrons. The number of hydrogen-bond acceptors (Lipinski definition) is 5. The number of ether oxygens (including phenoxy) is 1. The number of pyridine rings is 1. The Morgan fingerprint density at radius 3 is 2.67 bits per heavy atom. The van der Waals surface area contributed by atoms with Gasteiger partial charge in [0.15, 0.2) is 0 Å². The predicted molar refractivity (Wildman–Crippen MR) is 82.1 cm³/mol. The van der Waals surface area contributed by atoms with Crippen LogP contribution in [-0.2, 0) is 9.53 Å². The number of thioether (sulfide) groups is 1. The van der Waals surface area contributed by atoms with Gasteiger partial charge in [0.2, 0.25) is 5.91 Å². The van der Waals surface area contributed by atoms with Crippen molar-refractivity contribution in [2.45, 2.75) is 32.4 Å². The lowest BCUT2D eigenvalue weighted by atomic mass is 10.2. The van der Waals surface area contributed by atoms with Crippen LogP contribution in [0.3, 0.4) is 0 Å². The van der Waals surface area contributed by atoms with E-state index in [1.54, 1.807) is 45.3 Å².